The van der Waals surface area contributed by atoms with Gasteiger partial charge in [-0.3, -0.25) is 5.32 Å². The first-order valence-corrected chi connectivity index (χ1v) is 7.68. The highest BCUT2D eigenvalue weighted by Gasteiger charge is 2.50. The van der Waals surface area contributed by atoms with Gasteiger partial charge in [0.25, 0.3) is 0 Å². The smallest absolute Gasteiger partial charge is 0.120 e. The van der Waals surface area contributed by atoms with Crippen LogP contribution in [0.2, 0.25) is 0 Å². The molecule has 2 aliphatic carbocycles. The van der Waals surface area contributed by atoms with Crippen LogP contribution in [0.25, 0.3) is 0 Å². The van der Waals surface area contributed by atoms with E-state index in [0.717, 1.165) is 18.4 Å². The Bertz CT molecular complexity index is 304. The number of rotatable bonds is 1. The van der Waals surface area contributed by atoms with Gasteiger partial charge in [-0.05, 0) is 54.8 Å². The minimum absolute atomic E-state index is 0.0311. The number of ether oxygens (including phenoxy) is 1. The van der Waals surface area contributed by atoms with Gasteiger partial charge in [-0.25, -0.2) is 0 Å². The highest BCUT2D eigenvalue weighted by Crippen LogP contribution is 2.52. The Morgan fingerprint density at radius 1 is 0.889 bits per heavy atom. The van der Waals surface area contributed by atoms with Gasteiger partial charge in [0.2, 0.25) is 0 Å². The minimum Gasteiger partial charge on any atom is -0.360 e. The lowest BCUT2D eigenvalue weighted by Gasteiger charge is -2.54. The van der Waals surface area contributed by atoms with Crippen LogP contribution in [0.5, 0.6) is 0 Å². The Balaban J connectivity index is 1.70. The van der Waals surface area contributed by atoms with Gasteiger partial charge in [-0.1, -0.05) is 27.7 Å². The zero-order valence-electron chi connectivity index (χ0n) is 12.5. The van der Waals surface area contributed by atoms with E-state index in [4.69, 9.17) is 4.74 Å². The average molecular weight is 251 g/mol. The van der Waals surface area contributed by atoms with Gasteiger partial charge in [0, 0.05) is 6.54 Å². The Kier molecular flexibility index (Phi) is 2.84. The lowest BCUT2D eigenvalue weighted by Crippen LogP contribution is -2.61. The van der Waals surface area contributed by atoms with Crippen LogP contribution in [-0.4, -0.2) is 18.9 Å². The van der Waals surface area contributed by atoms with Crippen molar-refractivity contribution < 1.29 is 4.74 Å². The van der Waals surface area contributed by atoms with E-state index < -0.39 is 0 Å². The summed E-state index contributed by atoms with van der Waals surface area (Å²) in [6, 6.07) is 0. The molecule has 2 heteroatoms. The molecule has 1 N–H and O–H groups in total. The average Bonchev–Trinajstić information content (AvgIpc) is 2.96. The second kappa shape index (κ2) is 3.96. The molecule has 0 amide bonds. The zero-order valence-corrected chi connectivity index (χ0v) is 12.5. The van der Waals surface area contributed by atoms with Crippen LogP contribution in [0.3, 0.4) is 0 Å². The first-order chi connectivity index (χ1) is 8.29. The molecule has 2 saturated carbocycles. The van der Waals surface area contributed by atoms with Crippen molar-refractivity contribution >= 4 is 0 Å². The molecule has 3 fully saturated rings. The molecule has 0 bridgehead atoms. The third kappa shape index (κ3) is 2.60. The van der Waals surface area contributed by atoms with E-state index in [0.29, 0.717) is 10.8 Å². The van der Waals surface area contributed by atoms with Crippen molar-refractivity contribution in [3.05, 3.63) is 0 Å². The van der Waals surface area contributed by atoms with Crippen molar-refractivity contribution in [3.63, 3.8) is 0 Å². The third-order valence-corrected chi connectivity index (χ3v) is 5.03. The maximum atomic E-state index is 6.38. The predicted octanol–water partition coefficient (Wildman–Crippen LogP) is 3.57. The van der Waals surface area contributed by atoms with Gasteiger partial charge >= 0.3 is 0 Å². The summed E-state index contributed by atoms with van der Waals surface area (Å²) in [6.45, 7) is 11.8. The van der Waals surface area contributed by atoms with Crippen molar-refractivity contribution in [2.45, 2.75) is 65.5 Å². The van der Waals surface area contributed by atoms with E-state index in [-0.39, 0.29) is 5.72 Å². The first-order valence-electron chi connectivity index (χ1n) is 7.68. The summed E-state index contributed by atoms with van der Waals surface area (Å²) in [5, 5.41) is 3.79. The maximum Gasteiger partial charge on any atom is 0.120 e. The normalized spacial score (nSPS) is 37.7. The van der Waals surface area contributed by atoms with Crippen molar-refractivity contribution in [3.8, 4) is 0 Å². The van der Waals surface area contributed by atoms with E-state index in [2.05, 4.69) is 33.0 Å². The molecule has 104 valence electrons. The molecule has 1 aliphatic heterocycles. The standard InChI is InChI=1S/C16H29NO/c1-14(2)9-15(3,4)11-16(10-14)17-7-13(8-18-16)12-5-6-12/h12-13,17H,5-11H2,1-4H3. The van der Waals surface area contributed by atoms with Crippen LogP contribution >= 0.6 is 0 Å². The minimum atomic E-state index is -0.0311. The quantitative estimate of drug-likeness (QED) is 0.769. The molecule has 1 spiro atoms. The second-order valence-electron chi connectivity index (χ2n) is 8.64. The summed E-state index contributed by atoms with van der Waals surface area (Å²) in [5.41, 5.74) is 0.749. The molecule has 3 aliphatic rings. The van der Waals surface area contributed by atoms with E-state index >= 15 is 0 Å². The van der Waals surface area contributed by atoms with Crippen LogP contribution < -0.4 is 5.32 Å². The SMILES string of the molecule is CC1(C)CC(C)(C)CC2(C1)NCC(C1CC1)CO2. The lowest BCUT2D eigenvalue weighted by molar-refractivity contribution is -0.181. The van der Waals surface area contributed by atoms with Crippen LogP contribution in [-0.2, 0) is 4.74 Å². The summed E-state index contributed by atoms with van der Waals surface area (Å²) < 4.78 is 6.38. The van der Waals surface area contributed by atoms with Crippen LogP contribution in [0.1, 0.15) is 59.8 Å². The van der Waals surface area contributed by atoms with Crippen molar-refractivity contribution in [1.82, 2.24) is 5.32 Å². The molecule has 18 heavy (non-hydrogen) atoms. The molecule has 1 heterocycles. The lowest BCUT2D eigenvalue weighted by atomic mass is 9.61. The predicted molar refractivity (Wildman–Crippen MR) is 74.3 cm³/mol. The summed E-state index contributed by atoms with van der Waals surface area (Å²) in [6.07, 6.45) is 6.50. The summed E-state index contributed by atoms with van der Waals surface area (Å²) in [5.74, 6) is 1.74. The Morgan fingerprint density at radius 3 is 1.94 bits per heavy atom. The molecule has 0 radical (unpaired) electrons. The molecule has 1 saturated heterocycles. The number of nitrogens with one attached hydrogen (secondary N) is 1. The molecule has 0 aromatic heterocycles. The van der Waals surface area contributed by atoms with E-state index in [1.807, 2.05) is 0 Å². The fraction of sp³-hybridized carbons (Fsp3) is 1.00. The Morgan fingerprint density at radius 2 is 1.50 bits per heavy atom. The molecule has 0 aromatic carbocycles. The van der Waals surface area contributed by atoms with E-state index in [9.17, 15) is 0 Å². The largest absolute Gasteiger partial charge is 0.360 e. The van der Waals surface area contributed by atoms with Crippen molar-refractivity contribution in [1.29, 1.82) is 0 Å². The topological polar surface area (TPSA) is 21.3 Å². The highest BCUT2D eigenvalue weighted by molar-refractivity contribution is 5.00. The summed E-state index contributed by atoms with van der Waals surface area (Å²) in [4.78, 5) is 0. The fourth-order valence-electron chi connectivity index (χ4n) is 4.82. The highest BCUT2D eigenvalue weighted by atomic mass is 16.5. The van der Waals surface area contributed by atoms with Gasteiger partial charge in [-0.15, -0.1) is 0 Å². The van der Waals surface area contributed by atoms with Crippen LogP contribution in [0, 0.1) is 22.7 Å². The molecule has 1 atom stereocenters. The molecule has 1 unspecified atom stereocenters. The van der Waals surface area contributed by atoms with Crippen LogP contribution in [0.4, 0.5) is 0 Å². The Labute approximate surface area is 112 Å². The summed E-state index contributed by atoms with van der Waals surface area (Å²) in [7, 11) is 0. The fourth-order valence-corrected chi connectivity index (χ4v) is 4.82. The van der Waals surface area contributed by atoms with E-state index in [1.165, 1.54) is 38.6 Å². The first kappa shape index (κ1) is 12.9. The monoisotopic (exact) mass is 251 g/mol. The van der Waals surface area contributed by atoms with Crippen LogP contribution in [0.15, 0.2) is 0 Å². The van der Waals surface area contributed by atoms with Gasteiger partial charge in [-0.2, -0.15) is 0 Å². The molecular weight excluding hydrogens is 222 g/mol. The van der Waals surface area contributed by atoms with Gasteiger partial charge in [0.15, 0.2) is 0 Å². The summed E-state index contributed by atoms with van der Waals surface area (Å²) >= 11 is 0. The van der Waals surface area contributed by atoms with Crippen molar-refractivity contribution in [2.75, 3.05) is 13.2 Å². The zero-order chi connectivity index (χ0) is 13.0. The Hall–Kier alpha value is -0.0800. The molecule has 2 nitrogen and oxygen atoms in total. The number of hydrogen-bond acceptors (Lipinski definition) is 2. The van der Waals surface area contributed by atoms with Gasteiger partial charge in [0.05, 0.1) is 6.61 Å². The van der Waals surface area contributed by atoms with E-state index in [1.54, 1.807) is 0 Å². The number of hydrogen-bond donors (Lipinski definition) is 1. The van der Waals surface area contributed by atoms with Gasteiger partial charge < -0.3 is 4.74 Å². The van der Waals surface area contributed by atoms with Crippen molar-refractivity contribution in [2.24, 2.45) is 22.7 Å². The maximum absolute atomic E-state index is 6.38. The van der Waals surface area contributed by atoms with Gasteiger partial charge in [0.1, 0.15) is 5.72 Å². The second-order valence-corrected chi connectivity index (χ2v) is 8.64. The molecule has 0 aromatic rings. The third-order valence-electron chi connectivity index (χ3n) is 5.03. The molecular formula is C16H29NO. The molecule has 3 rings (SSSR count).